The molecule has 1 aromatic rings. The summed E-state index contributed by atoms with van der Waals surface area (Å²) in [6.07, 6.45) is 6.12. The summed E-state index contributed by atoms with van der Waals surface area (Å²) in [5.74, 6) is 0.155. The van der Waals surface area contributed by atoms with Gasteiger partial charge in [-0.25, -0.2) is 4.39 Å². The minimum absolute atomic E-state index is 0.175. The van der Waals surface area contributed by atoms with Crippen molar-refractivity contribution in [3.63, 3.8) is 0 Å². The van der Waals surface area contributed by atoms with Gasteiger partial charge in [0.05, 0.1) is 0 Å². The number of halogens is 1. The summed E-state index contributed by atoms with van der Waals surface area (Å²) in [7, 11) is 2.02. The summed E-state index contributed by atoms with van der Waals surface area (Å²) in [6.45, 7) is 0. The van der Waals surface area contributed by atoms with Crippen molar-refractivity contribution in [1.29, 1.82) is 0 Å². The molecule has 0 aliphatic heterocycles. The molecule has 98 valence electrons. The molecule has 1 aromatic carbocycles. The second-order valence-electron chi connectivity index (χ2n) is 5.55. The number of hydrogen-bond acceptors (Lipinski definition) is 2. The monoisotopic (exact) mass is 249 g/mol. The molecular formula is C15H20FNO. The Bertz CT molecular complexity index is 428. The van der Waals surface area contributed by atoms with Crippen molar-refractivity contribution in [2.45, 2.75) is 44.2 Å². The van der Waals surface area contributed by atoms with Crippen LogP contribution in [0.25, 0.3) is 0 Å². The lowest BCUT2D eigenvalue weighted by Crippen LogP contribution is -2.63. The lowest BCUT2D eigenvalue weighted by atomic mass is 9.60. The first-order valence-corrected chi connectivity index (χ1v) is 6.85. The minimum Gasteiger partial charge on any atom is -0.487 e. The highest BCUT2D eigenvalue weighted by molar-refractivity contribution is 5.25. The van der Waals surface area contributed by atoms with Gasteiger partial charge in [0.15, 0.2) is 11.6 Å². The highest BCUT2D eigenvalue weighted by atomic mass is 19.1. The van der Waals surface area contributed by atoms with E-state index in [1.54, 1.807) is 12.1 Å². The van der Waals surface area contributed by atoms with Crippen molar-refractivity contribution in [2.24, 2.45) is 5.41 Å². The van der Waals surface area contributed by atoms with Crippen LogP contribution in [0.2, 0.25) is 0 Å². The number of benzene rings is 1. The number of rotatable bonds is 3. The molecule has 2 unspecified atom stereocenters. The molecule has 2 saturated carbocycles. The zero-order chi connectivity index (χ0) is 12.6. The fourth-order valence-corrected chi connectivity index (χ4v) is 3.72. The van der Waals surface area contributed by atoms with E-state index in [0.29, 0.717) is 11.8 Å². The Balaban J connectivity index is 1.76. The van der Waals surface area contributed by atoms with Gasteiger partial charge in [0.1, 0.15) is 6.10 Å². The third-order valence-electron chi connectivity index (χ3n) is 4.77. The summed E-state index contributed by atoms with van der Waals surface area (Å²) in [5.41, 5.74) is 0.247. The van der Waals surface area contributed by atoms with E-state index in [1.165, 1.54) is 31.7 Å². The van der Waals surface area contributed by atoms with Crippen molar-refractivity contribution < 1.29 is 9.13 Å². The molecule has 2 atom stereocenters. The van der Waals surface area contributed by atoms with Crippen LogP contribution in [0.5, 0.6) is 5.75 Å². The Morgan fingerprint density at radius 3 is 2.67 bits per heavy atom. The quantitative estimate of drug-likeness (QED) is 0.888. The van der Waals surface area contributed by atoms with E-state index in [-0.39, 0.29) is 17.3 Å². The summed E-state index contributed by atoms with van der Waals surface area (Å²) in [4.78, 5) is 0. The molecule has 1 spiro atoms. The predicted octanol–water partition coefficient (Wildman–Crippen LogP) is 3.13. The molecule has 2 fully saturated rings. The summed E-state index contributed by atoms with van der Waals surface area (Å²) in [5, 5.41) is 3.39. The molecule has 2 aliphatic carbocycles. The molecule has 0 amide bonds. The SMILES string of the molecule is CNC1CC(Oc2ccccc2F)C12CCCC2. The normalized spacial score (nSPS) is 29.2. The van der Waals surface area contributed by atoms with E-state index >= 15 is 0 Å². The van der Waals surface area contributed by atoms with Crippen LogP contribution in [0.1, 0.15) is 32.1 Å². The van der Waals surface area contributed by atoms with Crippen LogP contribution >= 0.6 is 0 Å². The average molecular weight is 249 g/mol. The third kappa shape index (κ3) is 1.72. The van der Waals surface area contributed by atoms with E-state index in [1.807, 2.05) is 13.1 Å². The van der Waals surface area contributed by atoms with E-state index in [2.05, 4.69) is 5.32 Å². The highest BCUT2D eigenvalue weighted by Gasteiger charge is 2.57. The predicted molar refractivity (Wildman–Crippen MR) is 69.2 cm³/mol. The molecule has 0 saturated heterocycles. The van der Waals surface area contributed by atoms with Crippen LogP contribution < -0.4 is 10.1 Å². The lowest BCUT2D eigenvalue weighted by molar-refractivity contribution is -0.0751. The highest BCUT2D eigenvalue weighted by Crippen LogP contribution is 2.54. The number of ether oxygens (including phenoxy) is 1. The van der Waals surface area contributed by atoms with Crippen LogP contribution in [-0.4, -0.2) is 19.2 Å². The van der Waals surface area contributed by atoms with Gasteiger partial charge in [0.2, 0.25) is 0 Å². The van der Waals surface area contributed by atoms with Crippen LogP contribution in [0.4, 0.5) is 4.39 Å². The summed E-state index contributed by atoms with van der Waals surface area (Å²) in [6, 6.07) is 7.26. The van der Waals surface area contributed by atoms with E-state index in [0.717, 1.165) is 6.42 Å². The molecule has 3 heteroatoms. The fourth-order valence-electron chi connectivity index (χ4n) is 3.72. The second-order valence-corrected chi connectivity index (χ2v) is 5.55. The Labute approximate surface area is 108 Å². The number of hydrogen-bond donors (Lipinski definition) is 1. The molecule has 2 aliphatic rings. The summed E-state index contributed by atoms with van der Waals surface area (Å²) >= 11 is 0. The minimum atomic E-state index is -0.251. The zero-order valence-electron chi connectivity index (χ0n) is 10.8. The van der Waals surface area contributed by atoms with Gasteiger partial charge < -0.3 is 10.1 Å². The first-order chi connectivity index (χ1) is 8.76. The van der Waals surface area contributed by atoms with Crippen molar-refractivity contribution in [3.8, 4) is 5.75 Å². The van der Waals surface area contributed by atoms with Gasteiger partial charge in [-0.15, -0.1) is 0 Å². The molecule has 0 bridgehead atoms. The maximum atomic E-state index is 13.6. The number of nitrogens with one attached hydrogen (secondary N) is 1. The van der Waals surface area contributed by atoms with E-state index < -0.39 is 0 Å². The fraction of sp³-hybridized carbons (Fsp3) is 0.600. The van der Waals surface area contributed by atoms with Gasteiger partial charge in [-0.05, 0) is 32.0 Å². The second kappa shape index (κ2) is 4.54. The van der Waals surface area contributed by atoms with Crippen molar-refractivity contribution in [3.05, 3.63) is 30.1 Å². The van der Waals surface area contributed by atoms with Crippen molar-refractivity contribution in [1.82, 2.24) is 5.32 Å². The average Bonchev–Trinajstić information content (AvgIpc) is 2.88. The third-order valence-corrected chi connectivity index (χ3v) is 4.77. The molecule has 0 radical (unpaired) electrons. The Morgan fingerprint density at radius 1 is 1.28 bits per heavy atom. The Morgan fingerprint density at radius 2 is 2.00 bits per heavy atom. The molecule has 18 heavy (non-hydrogen) atoms. The van der Waals surface area contributed by atoms with Gasteiger partial charge in [-0.2, -0.15) is 0 Å². The summed E-state index contributed by atoms with van der Waals surface area (Å²) < 4.78 is 19.6. The van der Waals surface area contributed by atoms with Gasteiger partial charge in [-0.1, -0.05) is 25.0 Å². The smallest absolute Gasteiger partial charge is 0.165 e. The first kappa shape index (κ1) is 12.0. The van der Waals surface area contributed by atoms with Gasteiger partial charge in [-0.3, -0.25) is 0 Å². The van der Waals surface area contributed by atoms with Gasteiger partial charge >= 0.3 is 0 Å². The molecule has 3 rings (SSSR count). The molecule has 2 nitrogen and oxygen atoms in total. The largest absolute Gasteiger partial charge is 0.487 e. The molecule has 1 N–H and O–H groups in total. The van der Waals surface area contributed by atoms with Crippen LogP contribution in [0.15, 0.2) is 24.3 Å². The standard InChI is InChI=1S/C15H20FNO/c1-17-13-10-14(15(13)8-4-5-9-15)18-12-7-3-2-6-11(12)16/h2-3,6-7,13-14,17H,4-5,8-10H2,1H3. The van der Waals surface area contributed by atoms with Gasteiger partial charge in [0.25, 0.3) is 0 Å². The van der Waals surface area contributed by atoms with E-state index in [4.69, 9.17) is 4.74 Å². The zero-order valence-corrected chi connectivity index (χ0v) is 10.8. The van der Waals surface area contributed by atoms with E-state index in [9.17, 15) is 4.39 Å². The molecular weight excluding hydrogens is 229 g/mol. The van der Waals surface area contributed by atoms with Crippen LogP contribution in [-0.2, 0) is 0 Å². The van der Waals surface area contributed by atoms with Crippen molar-refractivity contribution >= 4 is 0 Å². The van der Waals surface area contributed by atoms with Crippen LogP contribution in [0.3, 0.4) is 0 Å². The topological polar surface area (TPSA) is 21.3 Å². The van der Waals surface area contributed by atoms with Crippen molar-refractivity contribution in [2.75, 3.05) is 7.05 Å². The Hall–Kier alpha value is -1.09. The Kier molecular flexibility index (Phi) is 3.02. The van der Waals surface area contributed by atoms with Crippen LogP contribution in [0, 0.1) is 11.2 Å². The maximum absolute atomic E-state index is 13.6. The first-order valence-electron chi connectivity index (χ1n) is 6.85. The molecule has 0 aromatic heterocycles. The maximum Gasteiger partial charge on any atom is 0.165 e. The van der Waals surface area contributed by atoms with Gasteiger partial charge in [0, 0.05) is 17.9 Å². The number of para-hydroxylation sites is 1. The lowest BCUT2D eigenvalue weighted by Gasteiger charge is -2.53. The molecule has 0 heterocycles.